The predicted octanol–water partition coefficient (Wildman–Crippen LogP) is 4.88. The maximum Gasteiger partial charge on any atom is 0.256 e. The first-order valence-electron chi connectivity index (χ1n) is 10.4. The smallest absolute Gasteiger partial charge is 0.256 e. The third-order valence-electron chi connectivity index (χ3n) is 5.49. The van der Waals surface area contributed by atoms with E-state index in [0.717, 1.165) is 21.1 Å². The third kappa shape index (κ3) is 3.57. The Bertz CT molecular complexity index is 1530. The molecule has 1 amide bonds. The predicted molar refractivity (Wildman–Crippen MR) is 127 cm³/mol. The first-order chi connectivity index (χ1) is 16.7. The topological polar surface area (TPSA) is 104 Å². The fraction of sp³-hybridized carbons (Fsp3) is 0.0833. The molecule has 168 valence electrons. The Morgan fingerprint density at radius 2 is 1.76 bits per heavy atom. The zero-order chi connectivity index (χ0) is 23.1. The van der Waals surface area contributed by atoms with Gasteiger partial charge in [0.15, 0.2) is 23.0 Å². The van der Waals surface area contributed by atoms with Crippen molar-refractivity contribution in [2.75, 3.05) is 12.1 Å². The molecule has 1 aliphatic rings. The maximum atomic E-state index is 12.7. The van der Waals surface area contributed by atoms with E-state index in [-0.39, 0.29) is 18.5 Å². The number of carbonyl (C=O) groups excluding carboxylic acids is 1. The Morgan fingerprint density at radius 3 is 2.62 bits per heavy atom. The van der Waals surface area contributed by atoms with Gasteiger partial charge in [-0.15, -0.1) is 0 Å². The molecule has 0 aliphatic carbocycles. The molecule has 0 unspecified atom stereocenters. The molecule has 2 aromatic heterocycles. The lowest BCUT2D eigenvalue weighted by molar-refractivity contribution is 0.102. The first kappa shape index (κ1) is 20.4. The lowest BCUT2D eigenvalue weighted by Crippen LogP contribution is -2.13. The second-order valence-electron chi connectivity index (χ2n) is 7.59. The van der Waals surface area contributed by atoms with Crippen LogP contribution in [0.4, 0.5) is 5.82 Å². The molecule has 0 fully saturated rings. The summed E-state index contributed by atoms with van der Waals surface area (Å²) in [5, 5.41) is 10.8. The molecule has 1 aliphatic heterocycles. The molecular formula is C24H16BrN5O4. The fourth-order valence-corrected chi connectivity index (χ4v) is 4.30. The zero-order valence-electron chi connectivity index (χ0n) is 17.6. The molecule has 0 saturated heterocycles. The lowest BCUT2D eigenvalue weighted by atomic mass is 10.2. The number of aromatic nitrogens is 4. The van der Waals surface area contributed by atoms with E-state index < -0.39 is 0 Å². The second kappa shape index (κ2) is 8.31. The van der Waals surface area contributed by atoms with Crippen molar-refractivity contribution in [3.8, 4) is 23.0 Å². The standard InChI is InChI=1S/C24H16BrN5O4/c25-16-11-20-19(32-13-33-20)10-15(16)12-30-18-9-5-4-8-17(18)26-23(30)21-22(29-34-28-21)27-24(31)14-6-2-1-3-7-14/h1-11H,12-13H2,(H,27,29,31). The van der Waals surface area contributed by atoms with Gasteiger partial charge in [-0.1, -0.05) is 46.3 Å². The summed E-state index contributed by atoms with van der Waals surface area (Å²) in [5.74, 6) is 1.75. The highest BCUT2D eigenvalue weighted by Crippen LogP contribution is 2.38. The van der Waals surface area contributed by atoms with Crippen LogP contribution >= 0.6 is 15.9 Å². The summed E-state index contributed by atoms with van der Waals surface area (Å²) in [6.07, 6.45) is 0. The van der Waals surface area contributed by atoms with Crippen LogP contribution in [-0.2, 0) is 6.54 Å². The van der Waals surface area contributed by atoms with Crippen molar-refractivity contribution in [1.29, 1.82) is 0 Å². The molecule has 6 rings (SSSR count). The van der Waals surface area contributed by atoms with Gasteiger partial charge in [-0.3, -0.25) is 4.79 Å². The molecule has 3 aromatic carbocycles. The number of para-hydroxylation sites is 2. The van der Waals surface area contributed by atoms with Gasteiger partial charge in [-0.25, -0.2) is 9.61 Å². The highest BCUT2D eigenvalue weighted by molar-refractivity contribution is 9.10. The Kier molecular flexibility index (Phi) is 4.99. The summed E-state index contributed by atoms with van der Waals surface area (Å²) < 4.78 is 18.9. The van der Waals surface area contributed by atoms with Crippen molar-refractivity contribution in [3.05, 3.63) is 82.3 Å². The summed E-state index contributed by atoms with van der Waals surface area (Å²) in [7, 11) is 0. The molecule has 3 heterocycles. The number of carbonyl (C=O) groups is 1. The Balaban J connectivity index is 1.42. The van der Waals surface area contributed by atoms with E-state index in [2.05, 4.69) is 31.6 Å². The van der Waals surface area contributed by atoms with Crippen LogP contribution in [0.2, 0.25) is 0 Å². The van der Waals surface area contributed by atoms with Crippen LogP contribution in [0, 0.1) is 0 Å². The van der Waals surface area contributed by atoms with Crippen molar-refractivity contribution >= 4 is 38.7 Å². The van der Waals surface area contributed by atoms with Crippen molar-refractivity contribution in [2.24, 2.45) is 0 Å². The molecule has 0 saturated carbocycles. The normalized spacial score (nSPS) is 12.3. The lowest BCUT2D eigenvalue weighted by Gasteiger charge is -2.11. The summed E-state index contributed by atoms with van der Waals surface area (Å²) in [6.45, 7) is 0.644. The molecule has 9 nitrogen and oxygen atoms in total. The number of benzene rings is 3. The number of nitrogens with one attached hydrogen (secondary N) is 1. The minimum Gasteiger partial charge on any atom is -0.454 e. The summed E-state index contributed by atoms with van der Waals surface area (Å²) >= 11 is 3.63. The Labute approximate surface area is 201 Å². The quantitative estimate of drug-likeness (QED) is 0.354. The zero-order valence-corrected chi connectivity index (χ0v) is 19.2. The highest BCUT2D eigenvalue weighted by atomic mass is 79.9. The van der Waals surface area contributed by atoms with Gasteiger partial charge in [-0.2, -0.15) is 0 Å². The number of nitrogens with zero attached hydrogens (tertiary/aromatic N) is 4. The minimum absolute atomic E-state index is 0.190. The van der Waals surface area contributed by atoms with Crippen LogP contribution in [0.1, 0.15) is 15.9 Å². The number of ether oxygens (including phenoxy) is 2. The average Bonchev–Trinajstić information content (AvgIpc) is 3.59. The Morgan fingerprint density at radius 1 is 1.00 bits per heavy atom. The molecule has 0 radical (unpaired) electrons. The van der Waals surface area contributed by atoms with Crippen LogP contribution in [-0.4, -0.2) is 32.6 Å². The van der Waals surface area contributed by atoms with Gasteiger partial charge in [0.25, 0.3) is 5.91 Å². The van der Waals surface area contributed by atoms with E-state index in [1.807, 2.05) is 47.0 Å². The SMILES string of the molecule is O=C(Nc1nonc1-c1nc2ccccc2n1Cc1cc2c(cc1Br)OCO2)c1ccccc1. The van der Waals surface area contributed by atoms with Gasteiger partial charge >= 0.3 is 0 Å². The number of amides is 1. The van der Waals surface area contributed by atoms with Gasteiger partial charge in [0.05, 0.1) is 17.6 Å². The number of hydrogen-bond donors (Lipinski definition) is 1. The largest absolute Gasteiger partial charge is 0.454 e. The van der Waals surface area contributed by atoms with Crippen molar-refractivity contribution < 1.29 is 18.9 Å². The average molecular weight is 518 g/mol. The Hall–Kier alpha value is -4.18. The third-order valence-corrected chi connectivity index (χ3v) is 6.23. The summed E-state index contributed by atoms with van der Waals surface area (Å²) in [4.78, 5) is 17.5. The first-order valence-corrected chi connectivity index (χ1v) is 11.2. The fourth-order valence-electron chi connectivity index (χ4n) is 3.85. The molecular weight excluding hydrogens is 502 g/mol. The minimum atomic E-state index is -0.321. The molecule has 0 spiro atoms. The number of halogens is 1. The van der Waals surface area contributed by atoms with Crippen LogP contribution in [0.3, 0.4) is 0 Å². The number of rotatable bonds is 5. The van der Waals surface area contributed by atoms with Gasteiger partial charge in [-0.05, 0) is 52.3 Å². The van der Waals surface area contributed by atoms with E-state index in [1.165, 1.54) is 0 Å². The number of imidazole rings is 1. The van der Waals surface area contributed by atoms with E-state index in [9.17, 15) is 4.79 Å². The van der Waals surface area contributed by atoms with Gasteiger partial charge in [0.1, 0.15) is 0 Å². The summed E-state index contributed by atoms with van der Waals surface area (Å²) in [6, 6.07) is 20.4. The van der Waals surface area contributed by atoms with Gasteiger partial charge < -0.3 is 19.4 Å². The van der Waals surface area contributed by atoms with Gasteiger partial charge in [0, 0.05) is 10.0 Å². The van der Waals surface area contributed by atoms with Crippen LogP contribution in [0.15, 0.2) is 75.8 Å². The van der Waals surface area contributed by atoms with Crippen LogP contribution < -0.4 is 14.8 Å². The number of anilines is 1. The number of hydrogen-bond acceptors (Lipinski definition) is 7. The van der Waals surface area contributed by atoms with E-state index >= 15 is 0 Å². The molecule has 34 heavy (non-hydrogen) atoms. The molecule has 5 aromatic rings. The maximum absolute atomic E-state index is 12.7. The highest BCUT2D eigenvalue weighted by Gasteiger charge is 2.24. The van der Waals surface area contributed by atoms with Crippen molar-refractivity contribution in [3.63, 3.8) is 0 Å². The van der Waals surface area contributed by atoms with Crippen molar-refractivity contribution in [1.82, 2.24) is 19.9 Å². The van der Waals surface area contributed by atoms with E-state index in [4.69, 9.17) is 19.1 Å². The molecule has 1 N–H and O–H groups in total. The molecule has 10 heteroatoms. The monoisotopic (exact) mass is 517 g/mol. The number of fused-ring (bicyclic) bond motifs is 2. The molecule has 0 atom stereocenters. The van der Waals surface area contributed by atoms with E-state index in [0.29, 0.717) is 35.1 Å². The van der Waals surface area contributed by atoms with Crippen LogP contribution in [0.25, 0.3) is 22.6 Å². The second-order valence-corrected chi connectivity index (χ2v) is 8.44. The van der Waals surface area contributed by atoms with Gasteiger partial charge in [0.2, 0.25) is 12.6 Å². The van der Waals surface area contributed by atoms with Crippen LogP contribution in [0.5, 0.6) is 11.5 Å². The van der Waals surface area contributed by atoms with Crippen molar-refractivity contribution in [2.45, 2.75) is 6.54 Å². The summed E-state index contributed by atoms with van der Waals surface area (Å²) in [5.41, 5.74) is 3.45. The van der Waals surface area contributed by atoms with E-state index in [1.54, 1.807) is 24.3 Å². The molecule has 0 bridgehead atoms.